The molecule has 1 aromatic rings. The number of aliphatic hydroxyl groups is 1. The van der Waals surface area contributed by atoms with Crippen LogP contribution in [0.2, 0.25) is 0 Å². The zero-order chi connectivity index (χ0) is 14.9. The molecule has 114 valence electrons. The molecule has 2 heterocycles. The molecule has 0 radical (unpaired) electrons. The number of amides is 1. The molecule has 1 amide bonds. The highest BCUT2D eigenvalue weighted by atomic mass is 32.1. The second kappa shape index (κ2) is 8.83. The SMILES string of the molecule is O=C(NCCN1CCCCC1)c1sccc1C#CCCO. The van der Waals surface area contributed by atoms with E-state index in [9.17, 15) is 4.79 Å². The fraction of sp³-hybridized carbons (Fsp3) is 0.562. The summed E-state index contributed by atoms with van der Waals surface area (Å²) in [5, 5.41) is 13.6. The van der Waals surface area contributed by atoms with E-state index in [4.69, 9.17) is 5.11 Å². The molecule has 0 aliphatic carbocycles. The molecule has 1 fully saturated rings. The first-order chi connectivity index (χ1) is 10.3. The molecular formula is C16H22N2O2S. The van der Waals surface area contributed by atoms with Crippen molar-refractivity contribution in [1.82, 2.24) is 10.2 Å². The van der Waals surface area contributed by atoms with Crippen LogP contribution in [0.4, 0.5) is 0 Å². The van der Waals surface area contributed by atoms with Crippen LogP contribution in [-0.4, -0.2) is 48.7 Å². The van der Waals surface area contributed by atoms with Gasteiger partial charge in [0.05, 0.1) is 6.61 Å². The number of rotatable bonds is 5. The van der Waals surface area contributed by atoms with Crippen molar-refractivity contribution in [3.8, 4) is 11.8 Å². The highest BCUT2D eigenvalue weighted by Crippen LogP contribution is 2.15. The van der Waals surface area contributed by atoms with Crippen LogP contribution < -0.4 is 5.32 Å². The third kappa shape index (κ3) is 5.16. The van der Waals surface area contributed by atoms with Gasteiger partial charge in [0.2, 0.25) is 0 Å². The number of likely N-dealkylation sites (tertiary alicyclic amines) is 1. The lowest BCUT2D eigenvalue weighted by Gasteiger charge is -2.26. The third-order valence-electron chi connectivity index (χ3n) is 3.49. The van der Waals surface area contributed by atoms with Gasteiger partial charge in [-0.05, 0) is 37.4 Å². The molecule has 0 saturated carbocycles. The van der Waals surface area contributed by atoms with Crippen LogP contribution in [0.1, 0.15) is 40.9 Å². The lowest BCUT2D eigenvalue weighted by Crippen LogP contribution is -2.37. The Morgan fingerprint density at radius 2 is 2.19 bits per heavy atom. The molecule has 5 heteroatoms. The van der Waals surface area contributed by atoms with Crippen LogP contribution in [0.5, 0.6) is 0 Å². The normalized spacial score (nSPS) is 15.3. The van der Waals surface area contributed by atoms with E-state index < -0.39 is 0 Å². The molecule has 2 rings (SSSR count). The zero-order valence-electron chi connectivity index (χ0n) is 12.2. The Balaban J connectivity index is 1.80. The predicted molar refractivity (Wildman–Crippen MR) is 85.5 cm³/mol. The minimum atomic E-state index is -0.0460. The van der Waals surface area contributed by atoms with Crippen molar-refractivity contribution in [2.24, 2.45) is 0 Å². The maximum Gasteiger partial charge on any atom is 0.262 e. The number of nitrogens with zero attached hydrogens (tertiary/aromatic N) is 1. The van der Waals surface area contributed by atoms with E-state index in [0.717, 1.165) is 25.2 Å². The van der Waals surface area contributed by atoms with Gasteiger partial charge < -0.3 is 15.3 Å². The number of hydrogen-bond acceptors (Lipinski definition) is 4. The first-order valence-corrected chi connectivity index (χ1v) is 8.37. The van der Waals surface area contributed by atoms with Gasteiger partial charge in [0.25, 0.3) is 5.91 Å². The van der Waals surface area contributed by atoms with E-state index in [2.05, 4.69) is 22.1 Å². The average Bonchev–Trinajstić information content (AvgIpc) is 2.97. The van der Waals surface area contributed by atoms with Gasteiger partial charge >= 0.3 is 0 Å². The van der Waals surface area contributed by atoms with Crippen LogP contribution in [0.15, 0.2) is 11.4 Å². The number of piperidine rings is 1. The first-order valence-electron chi connectivity index (χ1n) is 7.49. The quantitative estimate of drug-likeness (QED) is 0.814. The standard InChI is InChI=1S/C16H22N2O2S/c19-12-5-2-6-14-7-13-21-15(14)16(20)17-8-11-18-9-3-1-4-10-18/h7,13,19H,1,3-5,8-12H2,(H,17,20). The Morgan fingerprint density at radius 1 is 1.38 bits per heavy atom. The van der Waals surface area contributed by atoms with Crippen molar-refractivity contribution in [3.05, 3.63) is 21.9 Å². The van der Waals surface area contributed by atoms with E-state index in [0.29, 0.717) is 17.8 Å². The first kappa shape index (κ1) is 16.0. The summed E-state index contributed by atoms with van der Waals surface area (Å²) in [6, 6.07) is 1.86. The van der Waals surface area contributed by atoms with Crippen LogP contribution in [0.3, 0.4) is 0 Å². The van der Waals surface area contributed by atoms with Gasteiger partial charge in [-0.1, -0.05) is 18.3 Å². The van der Waals surface area contributed by atoms with E-state index in [1.165, 1.54) is 30.6 Å². The van der Waals surface area contributed by atoms with Gasteiger partial charge in [-0.15, -0.1) is 11.3 Å². The van der Waals surface area contributed by atoms with Gasteiger partial charge in [-0.25, -0.2) is 0 Å². The number of nitrogens with one attached hydrogen (secondary N) is 1. The van der Waals surface area contributed by atoms with Gasteiger partial charge in [-0.2, -0.15) is 0 Å². The van der Waals surface area contributed by atoms with Crippen LogP contribution in [0.25, 0.3) is 0 Å². The summed E-state index contributed by atoms with van der Waals surface area (Å²) in [7, 11) is 0. The van der Waals surface area contributed by atoms with Gasteiger partial charge in [0, 0.05) is 25.1 Å². The van der Waals surface area contributed by atoms with Crippen molar-refractivity contribution in [2.75, 3.05) is 32.8 Å². The highest BCUT2D eigenvalue weighted by Gasteiger charge is 2.13. The zero-order valence-corrected chi connectivity index (χ0v) is 13.0. The molecule has 0 unspecified atom stereocenters. The molecule has 0 atom stereocenters. The minimum absolute atomic E-state index is 0.0460. The Labute approximate surface area is 130 Å². The summed E-state index contributed by atoms with van der Waals surface area (Å²) in [5.41, 5.74) is 0.754. The minimum Gasteiger partial charge on any atom is -0.395 e. The van der Waals surface area contributed by atoms with Crippen LogP contribution in [0, 0.1) is 11.8 Å². The van der Waals surface area contributed by atoms with Gasteiger partial charge in [0.1, 0.15) is 4.88 Å². The Hall–Kier alpha value is -1.35. The van der Waals surface area contributed by atoms with E-state index >= 15 is 0 Å². The number of aliphatic hydroxyl groups excluding tert-OH is 1. The van der Waals surface area contributed by atoms with Crippen LogP contribution in [-0.2, 0) is 0 Å². The van der Waals surface area contributed by atoms with Crippen molar-refractivity contribution in [2.45, 2.75) is 25.7 Å². The molecule has 2 N–H and O–H groups in total. The summed E-state index contributed by atoms with van der Waals surface area (Å²) in [5.74, 6) is 5.76. The summed E-state index contributed by atoms with van der Waals surface area (Å²) in [6.45, 7) is 3.94. The smallest absolute Gasteiger partial charge is 0.262 e. The van der Waals surface area contributed by atoms with E-state index in [1.54, 1.807) is 0 Å². The second-order valence-corrected chi connectivity index (χ2v) is 6.01. The lowest BCUT2D eigenvalue weighted by atomic mass is 10.1. The number of carbonyl (C=O) groups excluding carboxylic acids is 1. The fourth-order valence-electron chi connectivity index (χ4n) is 2.39. The molecule has 0 spiro atoms. The maximum absolute atomic E-state index is 12.2. The molecule has 1 aliphatic heterocycles. The molecule has 0 bridgehead atoms. The molecule has 1 aliphatic rings. The van der Waals surface area contributed by atoms with E-state index in [1.807, 2.05) is 11.4 Å². The van der Waals surface area contributed by atoms with Crippen molar-refractivity contribution < 1.29 is 9.90 Å². The molecule has 0 aromatic carbocycles. The monoisotopic (exact) mass is 306 g/mol. The molecule has 1 saturated heterocycles. The lowest BCUT2D eigenvalue weighted by molar-refractivity contribution is 0.0950. The van der Waals surface area contributed by atoms with Crippen molar-refractivity contribution in [3.63, 3.8) is 0 Å². The number of hydrogen-bond donors (Lipinski definition) is 2. The average molecular weight is 306 g/mol. The Morgan fingerprint density at radius 3 is 2.95 bits per heavy atom. The third-order valence-corrected chi connectivity index (χ3v) is 4.41. The van der Waals surface area contributed by atoms with Crippen molar-refractivity contribution in [1.29, 1.82) is 0 Å². The maximum atomic E-state index is 12.2. The Kier molecular flexibility index (Phi) is 6.74. The van der Waals surface area contributed by atoms with E-state index in [-0.39, 0.29) is 12.5 Å². The summed E-state index contributed by atoms with van der Waals surface area (Å²) < 4.78 is 0. The topological polar surface area (TPSA) is 52.6 Å². The van der Waals surface area contributed by atoms with Gasteiger partial charge in [-0.3, -0.25) is 4.79 Å². The number of thiophene rings is 1. The van der Waals surface area contributed by atoms with Crippen molar-refractivity contribution >= 4 is 17.2 Å². The molecular weight excluding hydrogens is 284 g/mol. The van der Waals surface area contributed by atoms with Gasteiger partial charge in [0.15, 0.2) is 0 Å². The number of carbonyl (C=O) groups is 1. The summed E-state index contributed by atoms with van der Waals surface area (Å²) in [6.07, 6.45) is 4.30. The predicted octanol–water partition coefficient (Wildman–Crippen LogP) is 1.70. The Bertz CT molecular complexity index is 510. The molecule has 21 heavy (non-hydrogen) atoms. The molecule has 1 aromatic heterocycles. The largest absolute Gasteiger partial charge is 0.395 e. The molecule has 4 nitrogen and oxygen atoms in total. The summed E-state index contributed by atoms with van der Waals surface area (Å²) >= 11 is 1.41. The summed E-state index contributed by atoms with van der Waals surface area (Å²) in [4.78, 5) is 15.2. The fourth-order valence-corrected chi connectivity index (χ4v) is 3.15. The van der Waals surface area contributed by atoms with Crippen LogP contribution >= 0.6 is 11.3 Å². The highest BCUT2D eigenvalue weighted by molar-refractivity contribution is 7.12. The second-order valence-electron chi connectivity index (χ2n) is 5.10.